The van der Waals surface area contributed by atoms with Crippen LogP contribution < -0.4 is 15.2 Å². The van der Waals surface area contributed by atoms with Gasteiger partial charge in [-0.25, -0.2) is 0 Å². The van der Waals surface area contributed by atoms with Gasteiger partial charge in [0.15, 0.2) is 0 Å². The average Bonchev–Trinajstić information content (AvgIpc) is 2.28. The molecular formula is C13H18BNO3. The zero-order valence-electron chi connectivity index (χ0n) is 10.8. The molecule has 1 rings (SSSR count). The summed E-state index contributed by atoms with van der Waals surface area (Å²) in [5.74, 6) is 1.30. The molecular weight excluding hydrogens is 229 g/mol. The second kappa shape index (κ2) is 5.93. The zero-order chi connectivity index (χ0) is 13.8. The lowest BCUT2D eigenvalue weighted by molar-refractivity contribution is 0.135. The van der Waals surface area contributed by atoms with Gasteiger partial charge in [0.1, 0.15) is 19.3 Å². The molecule has 96 valence electrons. The highest BCUT2D eigenvalue weighted by Gasteiger charge is 2.18. The summed E-state index contributed by atoms with van der Waals surface area (Å²) in [5, 5.41) is 9.47. The maximum Gasteiger partial charge on any atom is 0.135 e. The van der Waals surface area contributed by atoms with Crippen LogP contribution in [-0.2, 0) is 12.8 Å². The fraction of sp³-hybridized carbons (Fsp3) is 0.385. The first-order valence-corrected chi connectivity index (χ1v) is 5.56. The molecule has 2 radical (unpaired) electrons. The predicted octanol–water partition coefficient (Wildman–Crippen LogP) is 0.748. The van der Waals surface area contributed by atoms with Crippen LogP contribution in [0.1, 0.15) is 11.1 Å². The van der Waals surface area contributed by atoms with Gasteiger partial charge in [-0.05, 0) is 18.6 Å². The van der Waals surface area contributed by atoms with Crippen molar-refractivity contribution in [3.05, 3.63) is 35.9 Å². The molecule has 1 unspecified atom stereocenters. The van der Waals surface area contributed by atoms with E-state index in [9.17, 15) is 5.11 Å². The second-order valence-electron chi connectivity index (χ2n) is 4.14. The molecule has 0 aliphatic heterocycles. The Hall–Kier alpha value is -1.46. The van der Waals surface area contributed by atoms with Crippen LogP contribution in [0.2, 0.25) is 0 Å². The van der Waals surface area contributed by atoms with Gasteiger partial charge in [0.2, 0.25) is 0 Å². The van der Waals surface area contributed by atoms with Gasteiger partial charge in [0.05, 0.1) is 19.8 Å². The van der Waals surface area contributed by atoms with Crippen molar-refractivity contribution in [2.45, 2.75) is 18.5 Å². The number of ether oxygens (including phenoxy) is 2. The highest BCUT2D eigenvalue weighted by Crippen LogP contribution is 2.30. The Kier molecular flexibility index (Phi) is 4.81. The van der Waals surface area contributed by atoms with E-state index < -0.39 is 5.62 Å². The smallest absolute Gasteiger partial charge is 0.135 e. The van der Waals surface area contributed by atoms with Gasteiger partial charge in [0, 0.05) is 17.5 Å². The first-order chi connectivity index (χ1) is 8.41. The third-order valence-electron chi connectivity index (χ3n) is 2.52. The summed E-state index contributed by atoms with van der Waals surface area (Å²) < 4.78 is 10.6. The number of methoxy groups -OCH3 is 2. The lowest BCUT2D eigenvalue weighted by Gasteiger charge is -2.21. The Labute approximate surface area is 109 Å². The average molecular weight is 247 g/mol. The number of benzene rings is 1. The molecule has 1 aromatic rings. The fourth-order valence-corrected chi connectivity index (χ4v) is 1.78. The minimum absolute atomic E-state index is 0.0703. The Bertz CT molecular complexity index is 427. The molecule has 3 N–H and O–H groups in total. The summed E-state index contributed by atoms with van der Waals surface area (Å²) in [6.45, 7) is 3.69. The van der Waals surface area contributed by atoms with Crippen LogP contribution in [0, 0.1) is 0 Å². The van der Waals surface area contributed by atoms with Gasteiger partial charge >= 0.3 is 0 Å². The number of nitrogens with two attached hydrogens (primary N) is 1. The van der Waals surface area contributed by atoms with Crippen molar-refractivity contribution in [2.75, 3.05) is 14.2 Å². The van der Waals surface area contributed by atoms with Crippen molar-refractivity contribution in [1.29, 1.82) is 0 Å². The first kappa shape index (κ1) is 14.6. The van der Waals surface area contributed by atoms with Crippen LogP contribution in [0.25, 0.3) is 0 Å². The van der Waals surface area contributed by atoms with Crippen LogP contribution >= 0.6 is 0 Å². The summed E-state index contributed by atoms with van der Waals surface area (Å²) >= 11 is 0. The Balaban J connectivity index is 3.21. The maximum atomic E-state index is 9.47. The number of hydrogen-bond acceptors (Lipinski definition) is 4. The van der Waals surface area contributed by atoms with Crippen LogP contribution in [0.4, 0.5) is 0 Å². The number of allylic oxidation sites excluding steroid dienone is 1. The number of aliphatic hydroxyl groups is 1. The van der Waals surface area contributed by atoms with Crippen molar-refractivity contribution in [1.82, 2.24) is 0 Å². The molecule has 0 bridgehead atoms. The zero-order valence-corrected chi connectivity index (χ0v) is 10.8. The fourth-order valence-electron chi connectivity index (χ4n) is 1.78. The van der Waals surface area contributed by atoms with E-state index in [1.165, 1.54) is 0 Å². The van der Waals surface area contributed by atoms with Crippen molar-refractivity contribution >= 4 is 7.85 Å². The molecule has 0 amide bonds. The standard InChI is InChI=1S/C13H18BNO3/c1-4-5-9-6-12(18-3)10(7-11(9)17-2)8-13(14,15)16/h4,6-7,16H,1,5,8,15H2,2-3H3. The Morgan fingerprint density at radius 1 is 1.33 bits per heavy atom. The Morgan fingerprint density at radius 3 is 2.28 bits per heavy atom. The highest BCUT2D eigenvalue weighted by molar-refractivity contribution is 6.13. The van der Waals surface area contributed by atoms with Crippen LogP contribution in [0.3, 0.4) is 0 Å². The van der Waals surface area contributed by atoms with Crippen LogP contribution in [0.5, 0.6) is 11.5 Å². The summed E-state index contributed by atoms with van der Waals surface area (Å²) in [6.07, 6.45) is 2.51. The number of hydrogen-bond donors (Lipinski definition) is 2. The summed E-state index contributed by atoms with van der Waals surface area (Å²) in [4.78, 5) is 0. The molecule has 0 spiro atoms. The monoisotopic (exact) mass is 247 g/mol. The maximum absolute atomic E-state index is 9.47. The van der Waals surface area contributed by atoms with Gasteiger partial charge in [0.25, 0.3) is 0 Å². The third-order valence-corrected chi connectivity index (χ3v) is 2.52. The van der Waals surface area contributed by atoms with E-state index in [1.54, 1.807) is 26.4 Å². The molecule has 0 saturated carbocycles. The predicted molar refractivity (Wildman–Crippen MR) is 72.0 cm³/mol. The molecule has 0 aromatic heterocycles. The summed E-state index contributed by atoms with van der Waals surface area (Å²) in [5.41, 5.74) is 5.26. The van der Waals surface area contributed by atoms with E-state index >= 15 is 0 Å². The first-order valence-electron chi connectivity index (χ1n) is 5.56. The van der Waals surface area contributed by atoms with Gasteiger partial charge < -0.3 is 20.3 Å². The van der Waals surface area contributed by atoms with Crippen molar-refractivity contribution in [2.24, 2.45) is 5.73 Å². The van der Waals surface area contributed by atoms with Crippen molar-refractivity contribution < 1.29 is 14.6 Å². The van der Waals surface area contributed by atoms with E-state index in [2.05, 4.69) is 6.58 Å². The molecule has 1 atom stereocenters. The van der Waals surface area contributed by atoms with E-state index in [-0.39, 0.29) is 6.42 Å². The minimum atomic E-state index is -1.78. The van der Waals surface area contributed by atoms with Gasteiger partial charge in [-0.3, -0.25) is 0 Å². The van der Waals surface area contributed by atoms with Crippen LogP contribution in [0.15, 0.2) is 24.8 Å². The Morgan fingerprint density at radius 2 is 1.83 bits per heavy atom. The molecule has 0 heterocycles. The van der Waals surface area contributed by atoms with Gasteiger partial charge in [-0.15, -0.1) is 6.58 Å². The molecule has 0 fully saturated rings. The normalized spacial score (nSPS) is 13.8. The topological polar surface area (TPSA) is 64.7 Å². The van der Waals surface area contributed by atoms with Crippen molar-refractivity contribution in [3.8, 4) is 11.5 Å². The molecule has 5 heteroatoms. The van der Waals surface area contributed by atoms with E-state index in [1.807, 2.05) is 6.07 Å². The SMILES string of the molecule is [B]C(N)(O)Cc1cc(OC)c(CC=C)cc1OC. The van der Waals surface area contributed by atoms with E-state index in [4.69, 9.17) is 23.1 Å². The van der Waals surface area contributed by atoms with Gasteiger partial charge in [-0.1, -0.05) is 6.08 Å². The summed E-state index contributed by atoms with van der Waals surface area (Å²) in [6, 6.07) is 3.60. The third kappa shape index (κ3) is 3.79. The van der Waals surface area contributed by atoms with Gasteiger partial charge in [-0.2, -0.15) is 0 Å². The molecule has 1 aromatic carbocycles. The molecule has 0 aliphatic carbocycles. The minimum Gasteiger partial charge on any atom is -0.496 e. The van der Waals surface area contributed by atoms with E-state index in [0.717, 1.165) is 5.56 Å². The molecule has 4 nitrogen and oxygen atoms in total. The highest BCUT2D eigenvalue weighted by atomic mass is 16.5. The number of rotatable bonds is 6. The summed E-state index contributed by atoms with van der Waals surface area (Å²) in [7, 11) is 8.53. The van der Waals surface area contributed by atoms with Crippen LogP contribution in [-0.4, -0.2) is 32.8 Å². The lowest BCUT2D eigenvalue weighted by Crippen LogP contribution is -2.42. The molecule has 0 aliphatic rings. The lowest BCUT2D eigenvalue weighted by atomic mass is 9.85. The van der Waals surface area contributed by atoms with E-state index in [0.29, 0.717) is 23.5 Å². The second-order valence-corrected chi connectivity index (χ2v) is 4.14. The quantitative estimate of drug-likeness (QED) is 0.442. The molecule has 0 saturated heterocycles. The van der Waals surface area contributed by atoms with Crippen molar-refractivity contribution in [3.63, 3.8) is 0 Å². The molecule has 18 heavy (non-hydrogen) atoms. The largest absolute Gasteiger partial charge is 0.496 e.